The summed E-state index contributed by atoms with van der Waals surface area (Å²) in [5, 5.41) is 3.41. The van der Waals surface area contributed by atoms with Crippen LogP contribution in [0.4, 0.5) is 0 Å². The summed E-state index contributed by atoms with van der Waals surface area (Å²) in [5.41, 5.74) is -0.291. The molecule has 1 unspecified atom stereocenters. The second-order valence-corrected chi connectivity index (χ2v) is 6.10. The molecule has 3 heteroatoms. The third kappa shape index (κ3) is 3.35. The number of nitrogens with zero attached hydrogens (tertiary/aromatic N) is 1. The van der Waals surface area contributed by atoms with E-state index < -0.39 is 0 Å². The normalized spacial score (nSPS) is 20.8. The van der Waals surface area contributed by atoms with Gasteiger partial charge >= 0.3 is 0 Å². The second-order valence-electron chi connectivity index (χ2n) is 6.10. The average molecular weight is 252 g/mol. The molecule has 0 bridgehead atoms. The lowest BCUT2D eigenvalue weighted by Crippen LogP contribution is -2.50. The molecule has 0 aromatic rings. The van der Waals surface area contributed by atoms with Crippen molar-refractivity contribution in [2.45, 2.75) is 46.6 Å². The quantitative estimate of drug-likeness (QED) is 0.762. The fourth-order valence-corrected chi connectivity index (χ4v) is 2.68. The van der Waals surface area contributed by atoms with Crippen molar-refractivity contribution in [3.63, 3.8) is 0 Å². The number of piperidine rings is 1. The van der Waals surface area contributed by atoms with Gasteiger partial charge < -0.3 is 10.2 Å². The third-order valence-electron chi connectivity index (χ3n) is 4.08. The largest absolute Gasteiger partial charge is 0.336 e. The van der Waals surface area contributed by atoms with Crippen LogP contribution in [-0.4, -0.2) is 36.5 Å². The average Bonchev–Trinajstić information content (AvgIpc) is 2.35. The molecule has 1 atom stereocenters. The first-order valence-electron chi connectivity index (χ1n) is 7.04. The molecule has 1 aliphatic heterocycles. The number of amides is 1. The van der Waals surface area contributed by atoms with E-state index in [9.17, 15) is 4.79 Å². The van der Waals surface area contributed by atoms with Crippen molar-refractivity contribution in [3.8, 4) is 0 Å². The van der Waals surface area contributed by atoms with Crippen LogP contribution in [0.2, 0.25) is 0 Å². The van der Waals surface area contributed by atoms with Gasteiger partial charge in [0.15, 0.2) is 0 Å². The predicted molar refractivity (Wildman–Crippen MR) is 76.4 cm³/mol. The fourth-order valence-electron chi connectivity index (χ4n) is 2.68. The zero-order valence-electron chi connectivity index (χ0n) is 12.3. The molecule has 0 aromatic heterocycles. The van der Waals surface area contributed by atoms with E-state index in [1.165, 1.54) is 6.42 Å². The van der Waals surface area contributed by atoms with Crippen LogP contribution in [0.15, 0.2) is 12.7 Å². The van der Waals surface area contributed by atoms with Crippen LogP contribution in [0.25, 0.3) is 0 Å². The van der Waals surface area contributed by atoms with Gasteiger partial charge in [-0.25, -0.2) is 0 Å². The van der Waals surface area contributed by atoms with Gasteiger partial charge in [0.1, 0.15) is 0 Å². The molecule has 0 aliphatic carbocycles. The third-order valence-corrected chi connectivity index (χ3v) is 4.08. The van der Waals surface area contributed by atoms with E-state index in [4.69, 9.17) is 0 Å². The molecule has 0 saturated carbocycles. The Hall–Kier alpha value is -0.830. The van der Waals surface area contributed by atoms with Crippen LogP contribution < -0.4 is 5.32 Å². The molecule has 0 aromatic carbocycles. The maximum Gasteiger partial charge on any atom is 0.229 e. The Morgan fingerprint density at radius 2 is 2.22 bits per heavy atom. The predicted octanol–water partition coefficient (Wildman–Crippen LogP) is 2.44. The highest BCUT2D eigenvalue weighted by molar-refractivity contribution is 5.82. The molecular weight excluding hydrogens is 224 g/mol. The summed E-state index contributed by atoms with van der Waals surface area (Å²) in [7, 11) is 0. The van der Waals surface area contributed by atoms with Crippen LogP contribution in [0.5, 0.6) is 0 Å². The summed E-state index contributed by atoms with van der Waals surface area (Å²) < 4.78 is 0. The molecule has 0 radical (unpaired) electrons. The van der Waals surface area contributed by atoms with Gasteiger partial charge in [0, 0.05) is 18.0 Å². The zero-order valence-corrected chi connectivity index (χ0v) is 12.3. The summed E-state index contributed by atoms with van der Waals surface area (Å²) in [6, 6.07) is 0.228. The lowest BCUT2D eigenvalue weighted by molar-refractivity contribution is -0.145. The minimum atomic E-state index is -0.291. The van der Waals surface area contributed by atoms with E-state index in [-0.39, 0.29) is 17.4 Å². The van der Waals surface area contributed by atoms with Crippen LogP contribution in [0.1, 0.15) is 40.5 Å². The van der Waals surface area contributed by atoms with Crippen molar-refractivity contribution >= 4 is 5.91 Å². The van der Waals surface area contributed by atoms with Gasteiger partial charge in [-0.1, -0.05) is 19.9 Å². The summed E-state index contributed by atoms with van der Waals surface area (Å²) in [6.45, 7) is 14.7. The number of carbonyl (C=O) groups excluding carboxylic acids is 1. The van der Waals surface area contributed by atoms with Crippen molar-refractivity contribution in [3.05, 3.63) is 12.7 Å². The number of hydrogen-bond donors (Lipinski definition) is 1. The summed E-state index contributed by atoms with van der Waals surface area (Å²) in [5.74, 6) is 0.691. The van der Waals surface area contributed by atoms with Gasteiger partial charge in [-0.05, 0) is 45.7 Å². The first-order chi connectivity index (χ1) is 8.41. The Morgan fingerprint density at radius 3 is 2.67 bits per heavy atom. The summed E-state index contributed by atoms with van der Waals surface area (Å²) in [6.07, 6.45) is 4.13. The van der Waals surface area contributed by atoms with E-state index in [0.717, 1.165) is 19.5 Å². The minimum Gasteiger partial charge on any atom is -0.336 e. The van der Waals surface area contributed by atoms with Crippen LogP contribution in [0, 0.1) is 11.3 Å². The number of carbonyl (C=O) groups is 1. The van der Waals surface area contributed by atoms with Crippen LogP contribution in [-0.2, 0) is 4.79 Å². The standard InChI is InChI=1S/C15H28N2O/c1-6-10-17(12(2)3)14(18)15(4,5)13-8-7-9-16-11-13/h6,12-13,16H,1,7-11H2,2-5H3. The molecule has 1 heterocycles. The lowest BCUT2D eigenvalue weighted by Gasteiger charge is -2.40. The molecule has 1 N–H and O–H groups in total. The molecule has 104 valence electrons. The Labute approximate surface area is 112 Å². The van der Waals surface area contributed by atoms with Gasteiger partial charge in [0.2, 0.25) is 5.91 Å². The highest BCUT2D eigenvalue weighted by atomic mass is 16.2. The van der Waals surface area contributed by atoms with Crippen molar-refractivity contribution in [1.29, 1.82) is 0 Å². The van der Waals surface area contributed by atoms with Crippen LogP contribution >= 0.6 is 0 Å². The van der Waals surface area contributed by atoms with Gasteiger partial charge in [-0.15, -0.1) is 6.58 Å². The maximum absolute atomic E-state index is 12.7. The van der Waals surface area contributed by atoms with Gasteiger partial charge in [0.05, 0.1) is 0 Å². The summed E-state index contributed by atoms with van der Waals surface area (Å²) >= 11 is 0. The molecule has 1 saturated heterocycles. The molecule has 1 amide bonds. The van der Waals surface area contributed by atoms with Gasteiger partial charge in [-0.2, -0.15) is 0 Å². The van der Waals surface area contributed by atoms with Crippen molar-refractivity contribution in [2.24, 2.45) is 11.3 Å². The topological polar surface area (TPSA) is 32.3 Å². The summed E-state index contributed by atoms with van der Waals surface area (Å²) in [4.78, 5) is 14.7. The molecule has 1 fully saturated rings. The molecule has 0 spiro atoms. The van der Waals surface area contributed by atoms with E-state index in [2.05, 4.69) is 39.6 Å². The Balaban J connectivity index is 2.80. The minimum absolute atomic E-state index is 0.228. The van der Waals surface area contributed by atoms with Crippen molar-refractivity contribution in [2.75, 3.05) is 19.6 Å². The van der Waals surface area contributed by atoms with E-state index >= 15 is 0 Å². The molecule has 1 rings (SSSR count). The Kier molecular flexibility index (Phi) is 5.39. The molecular formula is C15H28N2O. The SMILES string of the molecule is C=CCN(C(=O)C(C)(C)C1CCCNC1)C(C)C. The first-order valence-corrected chi connectivity index (χ1v) is 7.04. The van der Waals surface area contributed by atoms with E-state index in [1.807, 2.05) is 11.0 Å². The second kappa shape index (κ2) is 6.37. The lowest BCUT2D eigenvalue weighted by atomic mass is 9.74. The molecule has 1 aliphatic rings. The monoisotopic (exact) mass is 252 g/mol. The maximum atomic E-state index is 12.7. The number of hydrogen-bond acceptors (Lipinski definition) is 2. The smallest absolute Gasteiger partial charge is 0.229 e. The highest BCUT2D eigenvalue weighted by Gasteiger charge is 2.40. The Bertz CT molecular complexity index is 291. The van der Waals surface area contributed by atoms with E-state index in [1.54, 1.807) is 0 Å². The first kappa shape index (κ1) is 15.2. The highest BCUT2D eigenvalue weighted by Crippen LogP contribution is 2.34. The van der Waals surface area contributed by atoms with Gasteiger partial charge in [0.25, 0.3) is 0 Å². The van der Waals surface area contributed by atoms with Crippen molar-refractivity contribution < 1.29 is 4.79 Å². The number of rotatable bonds is 5. The van der Waals surface area contributed by atoms with E-state index in [0.29, 0.717) is 12.5 Å². The van der Waals surface area contributed by atoms with Crippen LogP contribution in [0.3, 0.4) is 0 Å². The van der Waals surface area contributed by atoms with Gasteiger partial charge in [-0.3, -0.25) is 4.79 Å². The molecule has 3 nitrogen and oxygen atoms in total. The fraction of sp³-hybridized carbons (Fsp3) is 0.800. The molecule has 18 heavy (non-hydrogen) atoms. The Morgan fingerprint density at radius 1 is 1.56 bits per heavy atom. The zero-order chi connectivity index (χ0) is 13.8. The van der Waals surface area contributed by atoms with Crippen molar-refractivity contribution in [1.82, 2.24) is 10.2 Å². The number of nitrogens with one attached hydrogen (secondary N) is 1.